The van der Waals surface area contributed by atoms with E-state index in [1.807, 2.05) is 38.1 Å². The SMILES string of the molecule is CC(C)CC(CNC(=O)CCc1ccc(Br)cc1)C(=O)O. The van der Waals surface area contributed by atoms with E-state index in [0.29, 0.717) is 25.2 Å². The molecule has 1 aromatic carbocycles. The second-order valence-electron chi connectivity index (χ2n) is 5.60. The summed E-state index contributed by atoms with van der Waals surface area (Å²) in [6.07, 6.45) is 1.60. The monoisotopic (exact) mass is 355 g/mol. The van der Waals surface area contributed by atoms with Crippen LogP contribution in [0.2, 0.25) is 0 Å². The number of carbonyl (C=O) groups is 2. The van der Waals surface area contributed by atoms with Gasteiger partial charge in [0.05, 0.1) is 5.92 Å². The van der Waals surface area contributed by atoms with Gasteiger partial charge in [-0.2, -0.15) is 0 Å². The van der Waals surface area contributed by atoms with Gasteiger partial charge in [0, 0.05) is 17.4 Å². The van der Waals surface area contributed by atoms with Crippen LogP contribution in [0.4, 0.5) is 0 Å². The molecule has 0 saturated heterocycles. The number of nitrogens with one attached hydrogen (secondary N) is 1. The van der Waals surface area contributed by atoms with Crippen molar-refractivity contribution >= 4 is 27.8 Å². The Labute approximate surface area is 134 Å². The summed E-state index contributed by atoms with van der Waals surface area (Å²) in [5.74, 6) is -1.17. The van der Waals surface area contributed by atoms with E-state index >= 15 is 0 Å². The van der Waals surface area contributed by atoms with Crippen LogP contribution in [0.25, 0.3) is 0 Å². The molecule has 4 nitrogen and oxygen atoms in total. The van der Waals surface area contributed by atoms with E-state index in [0.717, 1.165) is 10.0 Å². The van der Waals surface area contributed by atoms with E-state index in [1.54, 1.807) is 0 Å². The van der Waals surface area contributed by atoms with Gasteiger partial charge in [0.2, 0.25) is 5.91 Å². The number of halogens is 1. The van der Waals surface area contributed by atoms with Crippen LogP contribution in [0.15, 0.2) is 28.7 Å². The predicted molar refractivity (Wildman–Crippen MR) is 86.1 cm³/mol. The molecule has 0 aromatic heterocycles. The summed E-state index contributed by atoms with van der Waals surface area (Å²) in [5, 5.41) is 11.8. The van der Waals surface area contributed by atoms with E-state index in [2.05, 4.69) is 21.2 Å². The van der Waals surface area contributed by atoms with Gasteiger partial charge in [0.15, 0.2) is 0 Å². The number of amides is 1. The third kappa shape index (κ3) is 7.27. The average molecular weight is 356 g/mol. The number of aliphatic carboxylic acids is 1. The number of hydrogen-bond donors (Lipinski definition) is 2. The summed E-state index contributed by atoms with van der Waals surface area (Å²) >= 11 is 3.36. The van der Waals surface area contributed by atoms with Gasteiger partial charge in [-0.1, -0.05) is 41.9 Å². The molecule has 0 aliphatic heterocycles. The van der Waals surface area contributed by atoms with Crippen LogP contribution in [0, 0.1) is 11.8 Å². The first kappa shape index (κ1) is 17.7. The standard InChI is InChI=1S/C16H22BrNO3/c1-11(2)9-13(16(20)21)10-18-15(19)8-5-12-3-6-14(17)7-4-12/h3-4,6-7,11,13H,5,8-10H2,1-2H3,(H,18,19)(H,20,21). The molecule has 0 radical (unpaired) electrons. The molecule has 1 rings (SSSR count). The Hall–Kier alpha value is -1.36. The fraction of sp³-hybridized carbons (Fsp3) is 0.500. The molecule has 21 heavy (non-hydrogen) atoms. The Kier molecular flexibility index (Phi) is 7.43. The van der Waals surface area contributed by atoms with Crippen molar-refractivity contribution in [3.05, 3.63) is 34.3 Å². The van der Waals surface area contributed by atoms with E-state index in [1.165, 1.54) is 0 Å². The topological polar surface area (TPSA) is 66.4 Å². The van der Waals surface area contributed by atoms with Crippen molar-refractivity contribution in [3.8, 4) is 0 Å². The van der Waals surface area contributed by atoms with Gasteiger partial charge in [-0.25, -0.2) is 0 Å². The van der Waals surface area contributed by atoms with E-state index in [9.17, 15) is 9.59 Å². The van der Waals surface area contributed by atoms with E-state index in [4.69, 9.17) is 5.11 Å². The molecule has 0 saturated carbocycles. The smallest absolute Gasteiger partial charge is 0.308 e. The van der Waals surface area contributed by atoms with Crippen molar-refractivity contribution in [1.29, 1.82) is 0 Å². The molecule has 0 spiro atoms. The summed E-state index contributed by atoms with van der Waals surface area (Å²) in [7, 11) is 0. The van der Waals surface area contributed by atoms with Crippen molar-refractivity contribution < 1.29 is 14.7 Å². The zero-order chi connectivity index (χ0) is 15.8. The maximum Gasteiger partial charge on any atom is 0.308 e. The van der Waals surface area contributed by atoms with Gasteiger partial charge in [-0.05, 0) is 36.5 Å². The van der Waals surface area contributed by atoms with Gasteiger partial charge in [0.1, 0.15) is 0 Å². The highest BCUT2D eigenvalue weighted by Crippen LogP contribution is 2.13. The summed E-state index contributed by atoms with van der Waals surface area (Å²) in [6.45, 7) is 4.16. The second kappa shape index (κ2) is 8.82. The van der Waals surface area contributed by atoms with E-state index < -0.39 is 11.9 Å². The van der Waals surface area contributed by atoms with Gasteiger partial charge in [-0.15, -0.1) is 0 Å². The third-order valence-electron chi connectivity index (χ3n) is 3.20. The van der Waals surface area contributed by atoms with Crippen molar-refractivity contribution in [2.75, 3.05) is 6.54 Å². The van der Waals surface area contributed by atoms with Crippen molar-refractivity contribution in [2.45, 2.75) is 33.1 Å². The Morgan fingerprint density at radius 3 is 2.38 bits per heavy atom. The van der Waals surface area contributed by atoms with Gasteiger partial charge in [0.25, 0.3) is 0 Å². The highest BCUT2D eigenvalue weighted by atomic mass is 79.9. The normalized spacial score (nSPS) is 12.2. The first-order valence-electron chi connectivity index (χ1n) is 7.12. The molecule has 0 fully saturated rings. The third-order valence-corrected chi connectivity index (χ3v) is 3.73. The summed E-state index contributed by atoms with van der Waals surface area (Å²) in [4.78, 5) is 22.9. The lowest BCUT2D eigenvalue weighted by molar-refractivity contribution is -0.142. The molecule has 0 aliphatic rings. The molecule has 116 valence electrons. The minimum Gasteiger partial charge on any atom is -0.481 e. The maximum absolute atomic E-state index is 11.8. The lowest BCUT2D eigenvalue weighted by Gasteiger charge is -2.15. The van der Waals surface area contributed by atoms with Crippen LogP contribution in [-0.2, 0) is 16.0 Å². The van der Waals surface area contributed by atoms with E-state index in [-0.39, 0.29) is 12.5 Å². The van der Waals surface area contributed by atoms with Crippen LogP contribution in [-0.4, -0.2) is 23.5 Å². The summed E-state index contributed by atoms with van der Waals surface area (Å²) < 4.78 is 1.01. The number of carbonyl (C=O) groups excluding carboxylic acids is 1. The number of benzene rings is 1. The fourth-order valence-corrected chi connectivity index (χ4v) is 2.34. The van der Waals surface area contributed by atoms with Crippen molar-refractivity contribution in [1.82, 2.24) is 5.32 Å². The fourth-order valence-electron chi connectivity index (χ4n) is 2.07. The minimum atomic E-state index is -0.850. The Bertz CT molecular complexity index is 471. The first-order valence-corrected chi connectivity index (χ1v) is 7.91. The van der Waals surface area contributed by atoms with Crippen LogP contribution in [0.5, 0.6) is 0 Å². The lowest BCUT2D eigenvalue weighted by atomic mass is 9.97. The van der Waals surface area contributed by atoms with Crippen LogP contribution in [0.3, 0.4) is 0 Å². The Balaban J connectivity index is 2.35. The Morgan fingerprint density at radius 2 is 1.86 bits per heavy atom. The zero-order valence-corrected chi connectivity index (χ0v) is 14.0. The van der Waals surface area contributed by atoms with Crippen molar-refractivity contribution in [2.24, 2.45) is 11.8 Å². The van der Waals surface area contributed by atoms with Gasteiger partial charge < -0.3 is 10.4 Å². The summed E-state index contributed by atoms with van der Waals surface area (Å²) in [5.41, 5.74) is 1.09. The summed E-state index contributed by atoms with van der Waals surface area (Å²) in [6, 6.07) is 7.82. The highest BCUT2D eigenvalue weighted by Gasteiger charge is 2.19. The minimum absolute atomic E-state index is 0.104. The van der Waals surface area contributed by atoms with Gasteiger partial charge in [-0.3, -0.25) is 9.59 Å². The number of carboxylic acid groups (broad SMARTS) is 1. The van der Waals surface area contributed by atoms with Crippen LogP contribution >= 0.6 is 15.9 Å². The largest absolute Gasteiger partial charge is 0.481 e. The number of carboxylic acids is 1. The predicted octanol–water partition coefficient (Wildman–Crippen LogP) is 3.24. The molecular formula is C16H22BrNO3. The molecule has 1 amide bonds. The van der Waals surface area contributed by atoms with Gasteiger partial charge >= 0.3 is 5.97 Å². The molecule has 0 bridgehead atoms. The zero-order valence-electron chi connectivity index (χ0n) is 12.4. The van der Waals surface area contributed by atoms with Crippen LogP contribution < -0.4 is 5.32 Å². The molecule has 0 aliphatic carbocycles. The molecule has 1 unspecified atom stereocenters. The number of aryl methyl sites for hydroxylation is 1. The molecule has 1 atom stereocenters. The van der Waals surface area contributed by atoms with Crippen molar-refractivity contribution in [3.63, 3.8) is 0 Å². The molecule has 5 heteroatoms. The number of hydrogen-bond acceptors (Lipinski definition) is 2. The molecule has 0 heterocycles. The Morgan fingerprint density at radius 1 is 1.24 bits per heavy atom. The maximum atomic E-state index is 11.8. The second-order valence-corrected chi connectivity index (χ2v) is 6.51. The average Bonchev–Trinajstić information content (AvgIpc) is 2.42. The number of rotatable bonds is 8. The molecular weight excluding hydrogens is 334 g/mol. The molecule has 1 aromatic rings. The quantitative estimate of drug-likeness (QED) is 0.752. The first-order chi connectivity index (χ1) is 9.88. The molecule has 2 N–H and O–H groups in total. The van der Waals surface area contributed by atoms with Crippen LogP contribution in [0.1, 0.15) is 32.3 Å². The lowest BCUT2D eigenvalue weighted by Crippen LogP contribution is -2.33. The highest BCUT2D eigenvalue weighted by molar-refractivity contribution is 9.10.